The second-order valence-electron chi connectivity index (χ2n) is 2.83. The number of aliphatic carboxylic acids is 1. The molecule has 0 aromatic heterocycles. The summed E-state index contributed by atoms with van der Waals surface area (Å²) in [6.45, 7) is 2.09. The zero-order chi connectivity index (χ0) is 9.56. The Morgan fingerprint density at radius 1 is 1.67 bits per heavy atom. The molecule has 2 atom stereocenters. The van der Waals surface area contributed by atoms with Crippen LogP contribution in [0.15, 0.2) is 0 Å². The van der Waals surface area contributed by atoms with Gasteiger partial charge in [-0.25, -0.2) is 0 Å². The zero-order valence-corrected chi connectivity index (χ0v) is 8.43. The van der Waals surface area contributed by atoms with Gasteiger partial charge >= 0.3 is 5.97 Å². The molecular weight excluding hydrogens is 174 g/mol. The molecule has 0 fully saturated rings. The maximum Gasteiger partial charge on any atom is 0.320 e. The summed E-state index contributed by atoms with van der Waals surface area (Å²) in [5, 5.41) is 8.95. The molecule has 0 amide bonds. The van der Waals surface area contributed by atoms with E-state index in [4.69, 9.17) is 10.8 Å². The van der Waals surface area contributed by atoms with Gasteiger partial charge in [0.05, 0.1) is 0 Å². The van der Waals surface area contributed by atoms with Gasteiger partial charge in [0.25, 0.3) is 0 Å². The number of hydrogen-bond acceptors (Lipinski definition) is 3. The maximum absolute atomic E-state index is 10.4. The van der Waals surface area contributed by atoms with Gasteiger partial charge in [-0.15, -0.1) is 0 Å². The van der Waals surface area contributed by atoms with Crippen LogP contribution in [0.3, 0.4) is 0 Å². The largest absolute Gasteiger partial charge is 0.480 e. The highest BCUT2D eigenvalue weighted by atomic mass is 32.2. The van der Waals surface area contributed by atoms with E-state index in [0.29, 0.717) is 11.7 Å². The van der Waals surface area contributed by atoms with Crippen molar-refractivity contribution in [2.45, 2.75) is 37.5 Å². The molecule has 2 unspecified atom stereocenters. The van der Waals surface area contributed by atoms with E-state index in [1.54, 1.807) is 11.8 Å². The lowest BCUT2D eigenvalue weighted by molar-refractivity contribution is -0.138. The topological polar surface area (TPSA) is 63.3 Å². The fourth-order valence-electron chi connectivity index (χ4n) is 1.04. The van der Waals surface area contributed by atoms with Crippen LogP contribution < -0.4 is 5.73 Å². The summed E-state index contributed by atoms with van der Waals surface area (Å²) in [7, 11) is 0. The van der Waals surface area contributed by atoms with Crippen LogP contribution >= 0.6 is 11.8 Å². The van der Waals surface area contributed by atoms with Crippen molar-refractivity contribution >= 4 is 17.7 Å². The van der Waals surface area contributed by atoms with E-state index in [1.165, 1.54) is 0 Å². The molecule has 0 aliphatic rings. The molecule has 0 heterocycles. The first-order valence-corrected chi connectivity index (χ1v) is 5.41. The van der Waals surface area contributed by atoms with Crippen LogP contribution in [0.1, 0.15) is 26.2 Å². The molecule has 3 nitrogen and oxygen atoms in total. The van der Waals surface area contributed by atoms with E-state index < -0.39 is 12.0 Å². The first kappa shape index (κ1) is 11.8. The third-order valence-electron chi connectivity index (χ3n) is 1.78. The molecule has 0 aliphatic heterocycles. The second-order valence-corrected chi connectivity index (χ2v) is 3.96. The molecule has 0 aromatic rings. The molecular formula is C8H17NO2S. The number of carboxylic acid groups (broad SMARTS) is 1. The summed E-state index contributed by atoms with van der Waals surface area (Å²) >= 11 is 1.70. The number of rotatable bonds is 6. The normalized spacial score (nSPS) is 15.6. The minimum Gasteiger partial charge on any atom is -0.480 e. The van der Waals surface area contributed by atoms with Crippen molar-refractivity contribution in [1.29, 1.82) is 0 Å². The quantitative estimate of drug-likeness (QED) is 0.664. The van der Waals surface area contributed by atoms with Crippen molar-refractivity contribution in [3.63, 3.8) is 0 Å². The van der Waals surface area contributed by atoms with Gasteiger partial charge in [-0.1, -0.05) is 13.3 Å². The van der Waals surface area contributed by atoms with Gasteiger partial charge in [0.1, 0.15) is 6.04 Å². The van der Waals surface area contributed by atoms with Gasteiger partial charge in [-0.05, 0) is 19.1 Å². The van der Waals surface area contributed by atoms with E-state index in [9.17, 15) is 4.79 Å². The van der Waals surface area contributed by atoms with E-state index >= 15 is 0 Å². The van der Waals surface area contributed by atoms with Crippen molar-refractivity contribution in [2.24, 2.45) is 5.73 Å². The number of nitrogens with two attached hydrogens (primary N) is 1. The van der Waals surface area contributed by atoms with Crippen LogP contribution in [-0.4, -0.2) is 28.6 Å². The first-order valence-electron chi connectivity index (χ1n) is 4.13. The average Bonchev–Trinajstić information content (AvgIpc) is 2.03. The summed E-state index contributed by atoms with van der Waals surface area (Å²) in [4.78, 5) is 10.4. The molecule has 0 saturated heterocycles. The molecule has 0 bridgehead atoms. The number of thioether (sulfide) groups is 1. The van der Waals surface area contributed by atoms with Gasteiger partial charge < -0.3 is 10.8 Å². The van der Waals surface area contributed by atoms with E-state index in [0.717, 1.165) is 12.8 Å². The highest BCUT2D eigenvalue weighted by molar-refractivity contribution is 7.99. The van der Waals surface area contributed by atoms with E-state index in [-0.39, 0.29) is 0 Å². The molecule has 0 saturated carbocycles. The summed E-state index contributed by atoms with van der Waals surface area (Å²) in [6.07, 6.45) is 4.69. The van der Waals surface area contributed by atoms with Crippen LogP contribution in [0.2, 0.25) is 0 Å². The third-order valence-corrected chi connectivity index (χ3v) is 2.87. The average molecular weight is 191 g/mol. The molecule has 0 aliphatic carbocycles. The molecule has 72 valence electrons. The highest BCUT2D eigenvalue weighted by Gasteiger charge is 2.16. The summed E-state index contributed by atoms with van der Waals surface area (Å²) < 4.78 is 0. The van der Waals surface area contributed by atoms with Crippen molar-refractivity contribution in [2.75, 3.05) is 6.26 Å². The second kappa shape index (κ2) is 6.31. The molecule has 0 rings (SSSR count). The summed E-state index contributed by atoms with van der Waals surface area (Å²) in [6, 6.07) is -0.700. The molecule has 0 radical (unpaired) electrons. The van der Waals surface area contributed by atoms with Gasteiger partial charge in [0, 0.05) is 5.25 Å². The number of carbonyl (C=O) groups is 1. The Morgan fingerprint density at radius 2 is 2.25 bits per heavy atom. The maximum atomic E-state index is 10.4. The smallest absolute Gasteiger partial charge is 0.320 e. The Labute approximate surface area is 77.7 Å². The van der Waals surface area contributed by atoms with Crippen molar-refractivity contribution in [3.05, 3.63) is 0 Å². The van der Waals surface area contributed by atoms with Crippen LogP contribution in [0, 0.1) is 0 Å². The van der Waals surface area contributed by atoms with E-state index in [1.807, 2.05) is 6.26 Å². The lowest BCUT2D eigenvalue weighted by atomic mass is 10.1. The summed E-state index contributed by atoms with van der Waals surface area (Å²) in [5.74, 6) is -0.898. The monoisotopic (exact) mass is 191 g/mol. The molecule has 3 N–H and O–H groups in total. The lowest BCUT2D eigenvalue weighted by Crippen LogP contribution is -2.33. The fourth-order valence-corrected chi connectivity index (χ4v) is 1.91. The Hall–Kier alpha value is -0.220. The van der Waals surface area contributed by atoms with E-state index in [2.05, 4.69) is 6.92 Å². The SMILES string of the molecule is CCCC(CC(N)C(=O)O)SC. The van der Waals surface area contributed by atoms with Crippen LogP contribution in [0.25, 0.3) is 0 Å². The van der Waals surface area contributed by atoms with Gasteiger partial charge in [-0.3, -0.25) is 4.79 Å². The third kappa shape index (κ3) is 4.62. The van der Waals surface area contributed by atoms with Gasteiger partial charge in [-0.2, -0.15) is 11.8 Å². The molecule has 4 heteroatoms. The lowest BCUT2D eigenvalue weighted by Gasteiger charge is -2.15. The Morgan fingerprint density at radius 3 is 2.58 bits per heavy atom. The molecule has 0 spiro atoms. The standard InChI is InChI=1S/C8H17NO2S/c1-3-4-6(12-2)5-7(9)8(10)11/h6-7H,3-5,9H2,1-2H3,(H,10,11). The predicted octanol–water partition coefficient (Wildman–Crippen LogP) is 1.32. The van der Waals surface area contributed by atoms with Crippen molar-refractivity contribution < 1.29 is 9.90 Å². The van der Waals surface area contributed by atoms with Gasteiger partial charge in [0.15, 0.2) is 0 Å². The van der Waals surface area contributed by atoms with Crippen LogP contribution in [0.4, 0.5) is 0 Å². The fraction of sp³-hybridized carbons (Fsp3) is 0.875. The van der Waals surface area contributed by atoms with Crippen LogP contribution in [-0.2, 0) is 4.79 Å². The minimum absolute atomic E-state index is 0.390. The predicted molar refractivity (Wildman–Crippen MR) is 52.4 cm³/mol. The minimum atomic E-state index is -0.898. The van der Waals surface area contributed by atoms with Gasteiger partial charge in [0.2, 0.25) is 0 Å². The Kier molecular flexibility index (Phi) is 6.20. The van der Waals surface area contributed by atoms with Crippen LogP contribution in [0.5, 0.6) is 0 Å². The number of carboxylic acids is 1. The molecule has 0 aromatic carbocycles. The Balaban J connectivity index is 3.76. The zero-order valence-electron chi connectivity index (χ0n) is 7.62. The number of hydrogen-bond donors (Lipinski definition) is 2. The summed E-state index contributed by atoms with van der Waals surface area (Å²) in [5.41, 5.74) is 5.41. The van der Waals surface area contributed by atoms with Crippen molar-refractivity contribution in [1.82, 2.24) is 0 Å². The Bertz CT molecular complexity index is 141. The molecule has 12 heavy (non-hydrogen) atoms. The highest BCUT2D eigenvalue weighted by Crippen LogP contribution is 2.17. The van der Waals surface area contributed by atoms with Crippen molar-refractivity contribution in [3.8, 4) is 0 Å². The first-order chi connectivity index (χ1) is 5.61.